The average Bonchev–Trinajstić information content (AvgIpc) is 2.67. The Labute approximate surface area is 175 Å². The number of carbonyl (C=O) groups is 2. The zero-order chi connectivity index (χ0) is 22.1. The Kier molecular flexibility index (Phi) is 7.20. The topological polar surface area (TPSA) is 72.8 Å². The number of methoxy groups -OCH3 is 2. The number of esters is 2. The van der Waals surface area contributed by atoms with E-state index in [0.717, 1.165) is 35.6 Å². The van der Waals surface area contributed by atoms with Crippen LogP contribution in [0.2, 0.25) is 16.6 Å². The van der Waals surface area contributed by atoms with E-state index in [1.165, 1.54) is 14.2 Å². The maximum absolute atomic E-state index is 12.8. The van der Waals surface area contributed by atoms with E-state index < -0.39 is 20.0 Å². The molecule has 0 saturated carbocycles. The van der Waals surface area contributed by atoms with Gasteiger partial charge in [0.2, 0.25) is 0 Å². The Hall–Kier alpha value is -1.82. The second-order valence-corrected chi connectivity index (χ2v) is 14.8. The molecular formula is C23H36O5Si. The van der Waals surface area contributed by atoms with Crippen LogP contribution in [0.1, 0.15) is 86.2 Å². The van der Waals surface area contributed by atoms with Crippen LogP contribution in [-0.2, 0) is 22.3 Å². The van der Waals surface area contributed by atoms with E-state index in [1.54, 1.807) is 0 Å². The van der Waals surface area contributed by atoms with Gasteiger partial charge in [0, 0.05) is 0 Å². The molecule has 162 valence electrons. The standard InChI is InChI=1S/C23H36O5Si/c1-13(2)29(14(3)4,15(5)6)21-17-12-10-9-11-16(17)18(22(25)27-7)19(20(21)24)23(26)28-8/h13-15,24H,9-12H2,1-8H3. The molecule has 1 aliphatic carbocycles. The van der Waals surface area contributed by atoms with Crippen LogP contribution in [0, 0.1) is 0 Å². The molecule has 0 amide bonds. The van der Waals surface area contributed by atoms with Crippen molar-refractivity contribution < 1.29 is 24.2 Å². The first-order valence-electron chi connectivity index (χ1n) is 10.6. The lowest BCUT2D eigenvalue weighted by Gasteiger charge is -2.46. The molecule has 0 fully saturated rings. The minimum Gasteiger partial charge on any atom is -0.507 e. The fourth-order valence-electron chi connectivity index (χ4n) is 5.95. The predicted molar refractivity (Wildman–Crippen MR) is 118 cm³/mol. The van der Waals surface area contributed by atoms with Crippen molar-refractivity contribution in [1.29, 1.82) is 0 Å². The van der Waals surface area contributed by atoms with Crippen LogP contribution in [0.25, 0.3) is 0 Å². The van der Waals surface area contributed by atoms with E-state index in [2.05, 4.69) is 41.5 Å². The number of benzene rings is 1. The summed E-state index contributed by atoms with van der Waals surface area (Å²) >= 11 is 0. The molecule has 0 radical (unpaired) electrons. The molecule has 0 heterocycles. The summed E-state index contributed by atoms with van der Waals surface area (Å²) in [5.74, 6) is -1.33. The fraction of sp³-hybridized carbons (Fsp3) is 0.652. The van der Waals surface area contributed by atoms with Crippen LogP contribution >= 0.6 is 0 Å². The summed E-state index contributed by atoms with van der Waals surface area (Å²) in [6.07, 6.45) is 3.47. The van der Waals surface area contributed by atoms with Crippen LogP contribution in [0.5, 0.6) is 5.75 Å². The molecule has 5 nitrogen and oxygen atoms in total. The highest BCUT2D eigenvalue weighted by molar-refractivity contribution is 6.96. The van der Waals surface area contributed by atoms with Crippen LogP contribution < -0.4 is 5.19 Å². The zero-order valence-electron chi connectivity index (χ0n) is 19.1. The fourth-order valence-corrected chi connectivity index (χ4v) is 13.0. The van der Waals surface area contributed by atoms with Crippen molar-refractivity contribution in [2.24, 2.45) is 0 Å². The molecule has 1 N–H and O–H groups in total. The summed E-state index contributed by atoms with van der Waals surface area (Å²) in [4.78, 5) is 25.5. The number of hydrogen-bond donors (Lipinski definition) is 1. The molecule has 1 aliphatic rings. The van der Waals surface area contributed by atoms with Crippen molar-refractivity contribution in [2.45, 2.75) is 83.8 Å². The molecule has 0 unspecified atom stereocenters. The molecule has 2 rings (SSSR count). The van der Waals surface area contributed by atoms with Gasteiger partial charge in [0.1, 0.15) is 11.3 Å². The Morgan fingerprint density at radius 1 is 0.793 bits per heavy atom. The number of phenolic OH excluding ortho intramolecular Hbond substituents is 1. The van der Waals surface area contributed by atoms with E-state index >= 15 is 0 Å². The van der Waals surface area contributed by atoms with Crippen molar-refractivity contribution in [3.63, 3.8) is 0 Å². The third-order valence-corrected chi connectivity index (χ3v) is 14.0. The summed E-state index contributed by atoms with van der Waals surface area (Å²) in [6.45, 7) is 13.4. The molecule has 1 aromatic rings. The molecule has 0 aliphatic heterocycles. The maximum Gasteiger partial charge on any atom is 0.342 e. The van der Waals surface area contributed by atoms with Crippen molar-refractivity contribution in [3.05, 3.63) is 22.3 Å². The predicted octanol–water partition coefficient (Wildman–Crippen LogP) is 4.73. The second kappa shape index (κ2) is 8.90. The maximum atomic E-state index is 12.8. The summed E-state index contributed by atoms with van der Waals surface area (Å²) in [5, 5.41) is 12.5. The van der Waals surface area contributed by atoms with Gasteiger partial charge < -0.3 is 14.6 Å². The van der Waals surface area contributed by atoms with Crippen LogP contribution in [-0.4, -0.2) is 39.3 Å². The first-order chi connectivity index (χ1) is 13.6. The lowest BCUT2D eigenvalue weighted by Crippen LogP contribution is -2.57. The average molecular weight is 421 g/mol. The van der Waals surface area contributed by atoms with Gasteiger partial charge >= 0.3 is 11.9 Å². The Bertz CT molecular complexity index is 773. The number of carbonyl (C=O) groups excluding carboxylic acids is 2. The van der Waals surface area contributed by atoms with Gasteiger partial charge in [0.25, 0.3) is 0 Å². The largest absolute Gasteiger partial charge is 0.507 e. The van der Waals surface area contributed by atoms with Crippen molar-refractivity contribution in [3.8, 4) is 5.75 Å². The lowest BCUT2D eigenvalue weighted by atomic mass is 9.85. The molecule has 29 heavy (non-hydrogen) atoms. The smallest absolute Gasteiger partial charge is 0.342 e. The summed E-state index contributed by atoms with van der Waals surface area (Å²) in [5.41, 5.74) is 3.18. The number of hydrogen-bond acceptors (Lipinski definition) is 5. The van der Waals surface area contributed by atoms with Gasteiger partial charge in [0.05, 0.1) is 27.9 Å². The van der Waals surface area contributed by atoms with E-state index in [4.69, 9.17) is 9.47 Å². The summed E-state index contributed by atoms with van der Waals surface area (Å²) in [6, 6.07) is 0. The quantitative estimate of drug-likeness (QED) is 0.532. The minimum atomic E-state index is -2.30. The molecule has 0 saturated heterocycles. The van der Waals surface area contributed by atoms with Crippen molar-refractivity contribution in [1.82, 2.24) is 0 Å². The van der Waals surface area contributed by atoms with Gasteiger partial charge in [-0.1, -0.05) is 41.5 Å². The van der Waals surface area contributed by atoms with Crippen LogP contribution in [0.3, 0.4) is 0 Å². The molecule has 0 aromatic heterocycles. The van der Waals surface area contributed by atoms with E-state index in [-0.39, 0.29) is 16.9 Å². The number of ether oxygens (including phenoxy) is 2. The van der Waals surface area contributed by atoms with Crippen molar-refractivity contribution in [2.75, 3.05) is 14.2 Å². The van der Waals surface area contributed by atoms with Gasteiger partial charge in [-0.25, -0.2) is 9.59 Å². The lowest BCUT2D eigenvalue weighted by molar-refractivity contribution is 0.0551. The minimum absolute atomic E-state index is 0.0196. The number of phenols is 1. The first kappa shape index (κ1) is 23.5. The number of fused-ring (bicyclic) bond motifs is 1. The molecule has 0 bridgehead atoms. The Morgan fingerprint density at radius 2 is 1.21 bits per heavy atom. The monoisotopic (exact) mass is 420 g/mol. The third kappa shape index (κ3) is 3.60. The molecule has 6 heteroatoms. The highest BCUT2D eigenvalue weighted by Crippen LogP contribution is 2.46. The third-order valence-electron chi connectivity index (χ3n) is 6.87. The number of aromatic hydroxyl groups is 1. The summed E-state index contributed by atoms with van der Waals surface area (Å²) < 4.78 is 10.0. The SMILES string of the molecule is COC(=O)c1c(O)c([Si](C(C)C)(C(C)C)C(C)C)c2c(c1C(=O)OC)CCCC2. The van der Waals surface area contributed by atoms with E-state index in [0.29, 0.717) is 23.0 Å². The van der Waals surface area contributed by atoms with Gasteiger partial charge in [-0.3, -0.25) is 0 Å². The second-order valence-electron chi connectivity index (χ2n) is 9.02. The Morgan fingerprint density at radius 3 is 1.62 bits per heavy atom. The van der Waals surface area contributed by atoms with E-state index in [9.17, 15) is 14.7 Å². The van der Waals surface area contributed by atoms with Crippen LogP contribution in [0.15, 0.2) is 0 Å². The molecular weight excluding hydrogens is 384 g/mol. The zero-order valence-corrected chi connectivity index (χ0v) is 20.1. The first-order valence-corrected chi connectivity index (χ1v) is 12.9. The molecule has 0 atom stereocenters. The van der Waals surface area contributed by atoms with Crippen molar-refractivity contribution >= 4 is 25.2 Å². The van der Waals surface area contributed by atoms with Gasteiger partial charge in [-0.2, -0.15) is 0 Å². The highest BCUT2D eigenvalue weighted by Gasteiger charge is 2.49. The molecule has 1 aromatic carbocycles. The van der Waals surface area contributed by atoms with Gasteiger partial charge in [0.15, 0.2) is 0 Å². The van der Waals surface area contributed by atoms with Gasteiger partial charge in [-0.15, -0.1) is 0 Å². The summed E-state index contributed by atoms with van der Waals surface area (Å²) in [7, 11) is 0.287. The number of rotatable bonds is 6. The highest BCUT2D eigenvalue weighted by atomic mass is 28.3. The molecule has 0 spiro atoms. The van der Waals surface area contributed by atoms with E-state index in [1.807, 2.05) is 0 Å². The Balaban J connectivity index is 3.12. The normalized spacial score (nSPS) is 14.3. The van der Waals surface area contributed by atoms with Gasteiger partial charge in [-0.05, 0) is 58.6 Å². The van der Waals surface area contributed by atoms with Crippen LogP contribution in [0.4, 0.5) is 0 Å².